The van der Waals surface area contributed by atoms with Gasteiger partial charge in [-0.05, 0) is 61.2 Å². The molecule has 3 amide bonds. The highest BCUT2D eigenvalue weighted by Crippen LogP contribution is 2.40. The monoisotopic (exact) mass is 918 g/mol. The van der Waals surface area contributed by atoms with E-state index in [0.717, 1.165) is 0 Å². The molecule has 66 heavy (non-hydrogen) atoms. The number of hydrogen-bond donors (Lipinski definition) is 9. The molecule has 2 aromatic heterocycles. The van der Waals surface area contributed by atoms with Gasteiger partial charge in [-0.2, -0.15) is 0 Å². The Balaban J connectivity index is 1.10. The molecule has 0 saturated carbocycles. The molecule has 22 nitrogen and oxygen atoms in total. The smallest absolute Gasteiger partial charge is 0.410 e. The fraction of sp³-hybridized carbons (Fsp3) is 0.432. The van der Waals surface area contributed by atoms with E-state index < -0.39 is 90.4 Å². The van der Waals surface area contributed by atoms with Crippen LogP contribution in [0, 0.1) is 5.92 Å². The Bertz CT molecular complexity index is 2690. The molecule has 22 heteroatoms. The van der Waals surface area contributed by atoms with E-state index in [-0.39, 0.29) is 65.9 Å². The third-order valence-corrected chi connectivity index (χ3v) is 12.0. The molecule has 10 N–H and O–H groups in total. The number of nitrogens with one attached hydrogen (secondary N) is 2. The Labute approximate surface area is 375 Å². The number of ether oxygens (including phenoxy) is 4. The number of phenolic OH excluding ortho intramolecular Hbond substituents is 1. The highest BCUT2D eigenvalue weighted by molar-refractivity contribution is 5.98. The Hall–Kier alpha value is -6.69. The number of amides is 3. The van der Waals surface area contributed by atoms with Crippen LogP contribution in [0.5, 0.6) is 11.5 Å². The fourth-order valence-electron chi connectivity index (χ4n) is 7.87. The molecule has 1 fully saturated rings. The molecule has 3 aliphatic rings. The third kappa shape index (κ3) is 8.73. The summed E-state index contributed by atoms with van der Waals surface area (Å²) >= 11 is 0. The number of cyclic esters (lactones) is 1. The zero-order valence-corrected chi connectivity index (χ0v) is 36.4. The van der Waals surface area contributed by atoms with Gasteiger partial charge >= 0.3 is 18.0 Å². The van der Waals surface area contributed by atoms with E-state index in [2.05, 4.69) is 10.6 Å². The molecule has 352 valence electrons. The molecule has 7 rings (SSSR count). The molecule has 5 heterocycles. The van der Waals surface area contributed by atoms with E-state index in [1.165, 1.54) is 47.7 Å². The Morgan fingerprint density at radius 2 is 1.76 bits per heavy atom. The number of anilines is 1. The number of carbonyl (C=O) groups excluding carboxylic acids is 4. The normalized spacial score (nSPS) is 22.9. The number of aliphatic hydroxyl groups is 4. The number of aliphatic carboxylic acids is 1. The lowest BCUT2D eigenvalue weighted by molar-refractivity contribution is -0.271. The number of aliphatic hydroxyl groups excluding tert-OH is 3. The van der Waals surface area contributed by atoms with Gasteiger partial charge in [-0.3, -0.25) is 14.4 Å². The van der Waals surface area contributed by atoms with E-state index in [4.69, 9.17) is 29.7 Å². The Morgan fingerprint density at radius 1 is 1.03 bits per heavy atom. The highest BCUT2D eigenvalue weighted by Gasteiger charge is 2.49. The fourth-order valence-corrected chi connectivity index (χ4v) is 7.87. The van der Waals surface area contributed by atoms with Gasteiger partial charge in [-0.15, -0.1) is 0 Å². The highest BCUT2D eigenvalue weighted by atomic mass is 16.7. The van der Waals surface area contributed by atoms with Crippen LogP contribution in [-0.2, 0) is 65.3 Å². The molecular weight excluding hydrogens is 869 g/mol. The van der Waals surface area contributed by atoms with Crippen molar-refractivity contribution in [1.29, 1.82) is 0 Å². The van der Waals surface area contributed by atoms with Crippen molar-refractivity contribution in [1.82, 2.24) is 19.8 Å². The van der Waals surface area contributed by atoms with Gasteiger partial charge in [0.25, 0.3) is 5.56 Å². The summed E-state index contributed by atoms with van der Waals surface area (Å²) in [5.74, 6) is -4.48. The molecule has 3 aliphatic heterocycles. The van der Waals surface area contributed by atoms with Gasteiger partial charge in [0, 0.05) is 29.1 Å². The van der Waals surface area contributed by atoms with Crippen LogP contribution in [0.1, 0.15) is 61.9 Å². The molecule has 8 atom stereocenters. The summed E-state index contributed by atoms with van der Waals surface area (Å²) in [5.41, 5.74) is 6.11. The topological polar surface area (TPSA) is 332 Å². The molecule has 2 aromatic carbocycles. The first-order valence-corrected chi connectivity index (χ1v) is 20.9. The molecule has 0 spiro atoms. The van der Waals surface area contributed by atoms with E-state index >= 15 is 0 Å². The van der Waals surface area contributed by atoms with Crippen molar-refractivity contribution in [3.63, 3.8) is 0 Å². The van der Waals surface area contributed by atoms with Crippen molar-refractivity contribution in [2.45, 2.75) is 109 Å². The first kappa shape index (κ1) is 47.3. The van der Waals surface area contributed by atoms with Crippen LogP contribution >= 0.6 is 0 Å². The number of aromatic nitrogens is 2. The molecule has 0 radical (unpaired) electrons. The minimum atomic E-state index is -2.02. The number of carboxylic acid groups (broad SMARTS) is 1. The second kappa shape index (κ2) is 18.3. The zero-order valence-electron chi connectivity index (χ0n) is 36.4. The standard InChI is InChI=1S/C44H50N6O16/c1-6-44(62)25-13-28-32-21(14-50(28)39(57)24(25)17-63-42(44)60)12-22-23(29(51)10-9-26(22)47-32)15-49(5)43(61)64-16-20-7-8-27(48-37(55)19(4)46-38(56)31(45)18(2)3)30(11-20)65-41-35(54)33(52)34(53)36(66-41)40(58)59/h7-13,18-19,31,33-36,41,51-54,62H,6,14-17,45H2,1-5H3,(H,46,56)(H,48,55)(H,58,59)/t19-,31-,33?,34-,35+,36-,41+,44-/m0/s1. The van der Waals surface area contributed by atoms with Gasteiger partial charge in [-0.1, -0.05) is 26.8 Å². The number of fused-ring (bicyclic) bond motifs is 5. The number of phenols is 1. The van der Waals surface area contributed by atoms with Crippen molar-refractivity contribution < 1.29 is 73.6 Å². The number of hydrogen-bond acceptors (Lipinski definition) is 17. The van der Waals surface area contributed by atoms with E-state index in [9.17, 15) is 59.4 Å². The van der Waals surface area contributed by atoms with E-state index in [1.54, 1.807) is 39.0 Å². The summed E-state index contributed by atoms with van der Waals surface area (Å²) in [4.78, 5) is 83.3. The van der Waals surface area contributed by atoms with Gasteiger partial charge in [0.1, 0.15) is 49.1 Å². The SMILES string of the molecule is CC[C@@]1(O)C(=O)OCc2c1cc1n(c2=O)Cc2cc3c(CN(C)C(=O)OCc4ccc(NC(=O)[C@H](C)NC(=O)[C@@H](N)C(C)C)c(O[C@@H]5O[C@H](C(=O)O)[C@@H](O)C(O)[C@H]5O)c4)c(O)ccc3nc2-1. The quantitative estimate of drug-likeness (QED) is 0.0715. The molecular formula is C44H50N6O16. The summed E-state index contributed by atoms with van der Waals surface area (Å²) in [6.07, 6.45) is -10.8. The summed E-state index contributed by atoms with van der Waals surface area (Å²) in [6.45, 7) is 5.67. The number of carboxylic acids is 1. The zero-order chi connectivity index (χ0) is 48.1. The average Bonchev–Trinajstić information content (AvgIpc) is 3.65. The number of nitrogens with two attached hydrogens (primary N) is 1. The van der Waals surface area contributed by atoms with Crippen LogP contribution in [0.3, 0.4) is 0 Å². The first-order valence-electron chi connectivity index (χ1n) is 20.9. The lowest BCUT2D eigenvalue weighted by Gasteiger charge is -2.38. The predicted molar refractivity (Wildman–Crippen MR) is 228 cm³/mol. The van der Waals surface area contributed by atoms with Crippen molar-refractivity contribution in [3.8, 4) is 22.9 Å². The number of nitrogens with zero attached hydrogens (tertiary/aromatic N) is 3. The average molecular weight is 919 g/mol. The maximum atomic E-state index is 13.7. The maximum absolute atomic E-state index is 13.7. The lowest BCUT2D eigenvalue weighted by atomic mass is 9.86. The van der Waals surface area contributed by atoms with E-state index in [0.29, 0.717) is 33.4 Å². The van der Waals surface area contributed by atoms with Crippen LogP contribution in [0.15, 0.2) is 47.3 Å². The second-order valence-electron chi connectivity index (χ2n) is 16.8. The van der Waals surface area contributed by atoms with Gasteiger partial charge < -0.3 is 75.4 Å². The minimum absolute atomic E-state index is 0.0208. The minimum Gasteiger partial charge on any atom is -0.508 e. The lowest BCUT2D eigenvalue weighted by Crippen LogP contribution is -2.61. The third-order valence-electron chi connectivity index (χ3n) is 12.0. The largest absolute Gasteiger partial charge is 0.508 e. The van der Waals surface area contributed by atoms with Crippen LogP contribution < -0.4 is 26.7 Å². The maximum Gasteiger partial charge on any atom is 0.410 e. The van der Waals surface area contributed by atoms with Crippen LogP contribution in [-0.4, -0.2) is 125 Å². The molecule has 1 unspecified atom stereocenters. The molecule has 0 aliphatic carbocycles. The predicted octanol–water partition coefficient (Wildman–Crippen LogP) is 0.251. The molecule has 0 bridgehead atoms. The van der Waals surface area contributed by atoms with Crippen LogP contribution in [0.25, 0.3) is 22.3 Å². The van der Waals surface area contributed by atoms with Gasteiger partial charge in [0.15, 0.2) is 11.7 Å². The van der Waals surface area contributed by atoms with Crippen molar-refractivity contribution in [3.05, 3.63) is 80.6 Å². The Kier molecular flexibility index (Phi) is 13.1. The second-order valence-corrected chi connectivity index (χ2v) is 16.8. The van der Waals surface area contributed by atoms with Gasteiger partial charge in [-0.25, -0.2) is 19.4 Å². The van der Waals surface area contributed by atoms with Crippen molar-refractivity contribution in [2.24, 2.45) is 11.7 Å². The first-order chi connectivity index (χ1) is 31.1. The number of aromatic hydroxyl groups is 1. The van der Waals surface area contributed by atoms with Gasteiger partial charge in [0.05, 0.1) is 47.3 Å². The summed E-state index contributed by atoms with van der Waals surface area (Å²) in [6, 6.07) is 8.33. The summed E-state index contributed by atoms with van der Waals surface area (Å²) in [5, 5.41) is 68.6. The number of pyridine rings is 2. The van der Waals surface area contributed by atoms with Gasteiger partial charge in [0.2, 0.25) is 18.1 Å². The van der Waals surface area contributed by atoms with Crippen LogP contribution in [0.4, 0.5) is 10.5 Å². The summed E-state index contributed by atoms with van der Waals surface area (Å²) in [7, 11) is 1.42. The molecule has 4 aromatic rings. The van der Waals surface area contributed by atoms with Crippen LogP contribution in [0.2, 0.25) is 0 Å². The number of benzene rings is 2. The van der Waals surface area contributed by atoms with Crippen molar-refractivity contribution in [2.75, 3.05) is 12.4 Å². The molecule has 1 saturated heterocycles. The number of rotatable bonds is 13. The summed E-state index contributed by atoms with van der Waals surface area (Å²) < 4.78 is 23.3. The Morgan fingerprint density at radius 3 is 2.44 bits per heavy atom. The number of carbonyl (C=O) groups is 5. The van der Waals surface area contributed by atoms with E-state index in [1.807, 2.05) is 0 Å². The number of esters is 1. The van der Waals surface area contributed by atoms with Crippen molar-refractivity contribution >= 4 is 46.4 Å².